The second kappa shape index (κ2) is 10.5. The van der Waals surface area contributed by atoms with Gasteiger partial charge in [0.15, 0.2) is 0 Å². The van der Waals surface area contributed by atoms with E-state index in [1.54, 1.807) is 6.08 Å². The molecule has 0 unspecified atom stereocenters. The fourth-order valence-electron chi connectivity index (χ4n) is 3.39. The second-order valence-electron chi connectivity index (χ2n) is 7.30. The van der Waals surface area contributed by atoms with Crippen LogP contribution < -0.4 is 9.47 Å². The lowest BCUT2D eigenvalue weighted by Gasteiger charge is -2.17. The van der Waals surface area contributed by atoms with Crippen molar-refractivity contribution in [1.29, 1.82) is 0 Å². The van der Waals surface area contributed by atoms with E-state index in [0.29, 0.717) is 18.8 Å². The summed E-state index contributed by atoms with van der Waals surface area (Å²) in [5.74, 6) is 1.20. The molecule has 160 valence electrons. The normalized spacial score (nSPS) is 11.2. The smallest absolute Gasteiger partial charge is 0.338 e. The highest BCUT2D eigenvalue weighted by Gasteiger charge is 2.16. The fourth-order valence-corrected chi connectivity index (χ4v) is 3.39. The van der Waals surface area contributed by atoms with Crippen molar-refractivity contribution in [3.63, 3.8) is 0 Å². The topological polar surface area (TPSA) is 44.8 Å². The Balaban J connectivity index is 1.80. The Morgan fingerprint density at radius 2 is 1.48 bits per heavy atom. The second-order valence-corrected chi connectivity index (χ2v) is 7.30. The molecule has 0 fully saturated rings. The minimum absolute atomic E-state index is 0.326. The van der Waals surface area contributed by atoms with Crippen LogP contribution in [-0.4, -0.2) is 13.1 Å². The molecule has 0 spiro atoms. The summed E-state index contributed by atoms with van der Waals surface area (Å²) in [5.41, 5.74) is 5.35. The lowest BCUT2D eigenvalue weighted by molar-refractivity contribution is -0.133. The first-order valence-corrected chi connectivity index (χ1v) is 10.3. The molecule has 0 aliphatic heterocycles. The van der Waals surface area contributed by atoms with Gasteiger partial charge >= 0.3 is 5.97 Å². The number of rotatable bonds is 8. The first kappa shape index (κ1) is 22.2. The predicted molar refractivity (Wildman–Crippen MR) is 123 cm³/mol. The van der Waals surface area contributed by atoms with Gasteiger partial charge in [-0.1, -0.05) is 60.7 Å². The fraction of sp³-hybridized carbons (Fsp3) is 0.222. The summed E-state index contributed by atoms with van der Waals surface area (Å²) in [5, 5.41) is 0. The van der Waals surface area contributed by atoms with Crippen molar-refractivity contribution in [1.82, 2.24) is 0 Å². The van der Waals surface area contributed by atoms with E-state index in [4.69, 9.17) is 14.2 Å². The van der Waals surface area contributed by atoms with Crippen LogP contribution in [0.3, 0.4) is 0 Å². The van der Waals surface area contributed by atoms with Crippen molar-refractivity contribution in [2.24, 2.45) is 0 Å². The zero-order valence-corrected chi connectivity index (χ0v) is 18.5. The molecule has 4 heteroatoms. The lowest BCUT2D eigenvalue weighted by Crippen LogP contribution is -2.08. The van der Waals surface area contributed by atoms with Gasteiger partial charge in [-0.05, 0) is 55.2 Å². The highest BCUT2D eigenvalue weighted by Crippen LogP contribution is 2.31. The highest BCUT2D eigenvalue weighted by atomic mass is 16.5. The van der Waals surface area contributed by atoms with Crippen LogP contribution >= 0.6 is 0 Å². The molecule has 3 rings (SSSR count). The molecule has 0 aromatic heterocycles. The number of hydrogen-bond donors (Lipinski definition) is 0. The van der Waals surface area contributed by atoms with E-state index in [-0.39, 0.29) is 5.97 Å². The van der Waals surface area contributed by atoms with Crippen molar-refractivity contribution < 1.29 is 19.0 Å². The van der Waals surface area contributed by atoms with E-state index >= 15 is 0 Å². The van der Waals surface area contributed by atoms with E-state index in [1.165, 1.54) is 7.11 Å². The Morgan fingerprint density at radius 3 is 2.13 bits per heavy atom. The third-order valence-corrected chi connectivity index (χ3v) is 5.08. The van der Waals surface area contributed by atoms with Crippen molar-refractivity contribution in [3.05, 3.63) is 101 Å². The standard InChI is InChI=1S/C27H28O4/c1-5-23(27(28)29-4)24-14-10-9-13-22(24)18-31-26-16-19(2)15-25(20(26)3)30-17-21-11-7-6-8-12-21/h5-16H,17-18H2,1-4H3. The van der Waals surface area contributed by atoms with Gasteiger partial charge in [0.1, 0.15) is 24.7 Å². The molecule has 0 bridgehead atoms. The summed E-state index contributed by atoms with van der Waals surface area (Å²) in [6.45, 7) is 6.66. The molecule has 0 atom stereocenters. The number of hydrogen-bond acceptors (Lipinski definition) is 4. The first-order chi connectivity index (χ1) is 15.0. The summed E-state index contributed by atoms with van der Waals surface area (Å²) >= 11 is 0. The van der Waals surface area contributed by atoms with Gasteiger partial charge in [0.25, 0.3) is 0 Å². The maximum atomic E-state index is 12.2. The van der Waals surface area contributed by atoms with Gasteiger partial charge < -0.3 is 14.2 Å². The zero-order chi connectivity index (χ0) is 22.2. The van der Waals surface area contributed by atoms with E-state index in [1.807, 2.05) is 87.5 Å². The number of carbonyl (C=O) groups excluding carboxylic acids is 1. The van der Waals surface area contributed by atoms with Crippen molar-refractivity contribution >= 4 is 11.5 Å². The number of benzene rings is 3. The minimum Gasteiger partial charge on any atom is -0.488 e. The summed E-state index contributed by atoms with van der Waals surface area (Å²) in [6.07, 6.45) is 1.76. The molecule has 0 aliphatic rings. The van der Waals surface area contributed by atoms with E-state index in [2.05, 4.69) is 0 Å². The largest absolute Gasteiger partial charge is 0.488 e. The van der Waals surface area contributed by atoms with Crippen molar-refractivity contribution in [2.45, 2.75) is 34.0 Å². The Hall–Kier alpha value is -3.53. The monoisotopic (exact) mass is 416 g/mol. The van der Waals surface area contributed by atoms with Crippen LogP contribution in [0, 0.1) is 13.8 Å². The molecule has 0 radical (unpaired) electrons. The first-order valence-electron chi connectivity index (χ1n) is 10.3. The summed E-state index contributed by atoms with van der Waals surface area (Å²) in [4.78, 5) is 12.2. The van der Waals surface area contributed by atoms with Gasteiger partial charge in [0.2, 0.25) is 0 Å². The van der Waals surface area contributed by atoms with E-state index < -0.39 is 0 Å². The molecule has 3 aromatic carbocycles. The van der Waals surface area contributed by atoms with Crippen LogP contribution in [0.5, 0.6) is 11.5 Å². The zero-order valence-electron chi connectivity index (χ0n) is 18.5. The number of esters is 1. The Labute approximate surface area is 184 Å². The predicted octanol–water partition coefficient (Wildman–Crippen LogP) is 6.04. The van der Waals surface area contributed by atoms with Gasteiger partial charge in [0, 0.05) is 5.56 Å². The number of allylic oxidation sites excluding steroid dienone is 1. The average molecular weight is 417 g/mol. The molecular weight excluding hydrogens is 388 g/mol. The molecule has 4 nitrogen and oxygen atoms in total. The van der Waals surface area contributed by atoms with Gasteiger partial charge in [-0.15, -0.1) is 0 Å². The van der Waals surface area contributed by atoms with Crippen molar-refractivity contribution in [2.75, 3.05) is 7.11 Å². The van der Waals surface area contributed by atoms with Crippen LogP contribution in [0.25, 0.3) is 5.57 Å². The van der Waals surface area contributed by atoms with Crippen LogP contribution in [0.4, 0.5) is 0 Å². The minimum atomic E-state index is -0.363. The van der Waals surface area contributed by atoms with E-state index in [0.717, 1.165) is 39.3 Å². The van der Waals surface area contributed by atoms with Gasteiger partial charge in [0.05, 0.1) is 12.7 Å². The maximum Gasteiger partial charge on any atom is 0.338 e. The quantitative estimate of drug-likeness (QED) is 0.332. The number of ether oxygens (including phenoxy) is 3. The van der Waals surface area contributed by atoms with Crippen molar-refractivity contribution in [3.8, 4) is 11.5 Å². The number of aryl methyl sites for hydroxylation is 1. The van der Waals surface area contributed by atoms with Gasteiger partial charge in [-0.25, -0.2) is 4.79 Å². The number of methoxy groups -OCH3 is 1. The third kappa shape index (κ3) is 5.54. The molecule has 0 heterocycles. The van der Waals surface area contributed by atoms with Gasteiger partial charge in [-0.2, -0.15) is 0 Å². The van der Waals surface area contributed by atoms with Crippen LogP contribution in [0.15, 0.2) is 72.8 Å². The molecular formula is C27H28O4. The molecule has 3 aromatic rings. The molecule has 0 N–H and O–H groups in total. The van der Waals surface area contributed by atoms with Crippen LogP contribution in [0.1, 0.15) is 34.7 Å². The average Bonchev–Trinajstić information content (AvgIpc) is 2.80. The Kier molecular flexibility index (Phi) is 7.50. The summed E-state index contributed by atoms with van der Waals surface area (Å²) < 4.78 is 17.2. The molecule has 0 aliphatic carbocycles. The summed E-state index contributed by atoms with van der Waals surface area (Å²) in [6, 6.07) is 21.8. The lowest BCUT2D eigenvalue weighted by atomic mass is 10.00. The molecule has 31 heavy (non-hydrogen) atoms. The summed E-state index contributed by atoms with van der Waals surface area (Å²) in [7, 11) is 1.39. The van der Waals surface area contributed by atoms with Crippen LogP contribution in [0.2, 0.25) is 0 Å². The Morgan fingerprint density at radius 1 is 0.871 bits per heavy atom. The maximum absolute atomic E-state index is 12.2. The molecule has 0 saturated carbocycles. The van der Waals surface area contributed by atoms with Gasteiger partial charge in [-0.3, -0.25) is 0 Å². The Bertz CT molecular complexity index is 1070. The van der Waals surface area contributed by atoms with E-state index in [9.17, 15) is 4.79 Å². The highest BCUT2D eigenvalue weighted by molar-refractivity contribution is 6.16. The molecule has 0 saturated heterocycles. The molecule has 0 amide bonds. The number of carbonyl (C=O) groups is 1. The van der Waals surface area contributed by atoms with Crippen LogP contribution in [-0.2, 0) is 22.7 Å². The third-order valence-electron chi connectivity index (χ3n) is 5.08. The SMILES string of the molecule is CC=C(C(=O)OC)c1ccccc1COc1cc(C)cc(OCc2ccccc2)c1C.